The van der Waals surface area contributed by atoms with Crippen LogP contribution in [0.15, 0.2) is 48.8 Å². The highest BCUT2D eigenvalue weighted by atomic mass is 16.2. The van der Waals surface area contributed by atoms with Gasteiger partial charge in [-0.1, -0.05) is 18.2 Å². The van der Waals surface area contributed by atoms with Crippen LogP contribution in [0.5, 0.6) is 0 Å². The molecule has 0 atom stereocenters. The Hall–Kier alpha value is -2.88. The lowest BCUT2D eigenvalue weighted by molar-refractivity contribution is -0.110. The summed E-state index contributed by atoms with van der Waals surface area (Å²) in [6.07, 6.45) is 5.51. The average Bonchev–Trinajstić information content (AvgIpc) is 3.02. The van der Waals surface area contributed by atoms with Crippen molar-refractivity contribution in [3.05, 3.63) is 59.9 Å². The summed E-state index contributed by atoms with van der Waals surface area (Å²) in [7, 11) is 0. The smallest absolute Gasteiger partial charge is 0.256 e. The third-order valence-corrected chi connectivity index (χ3v) is 3.47. The van der Waals surface area contributed by atoms with Gasteiger partial charge < -0.3 is 10.3 Å². The molecule has 2 aromatic heterocycles. The van der Waals surface area contributed by atoms with Crippen LogP contribution in [0.25, 0.3) is 22.7 Å². The summed E-state index contributed by atoms with van der Waals surface area (Å²) in [5.74, 6) is -0.0727. The second-order valence-corrected chi connectivity index (χ2v) is 4.70. The molecule has 0 unspecified atom stereocenters. The maximum Gasteiger partial charge on any atom is 0.256 e. The van der Waals surface area contributed by atoms with Crippen LogP contribution in [0.3, 0.4) is 0 Å². The molecule has 0 bridgehead atoms. The first kappa shape index (κ1) is 11.0. The van der Waals surface area contributed by atoms with Gasteiger partial charge in [-0.2, -0.15) is 0 Å². The quantitative estimate of drug-likeness (QED) is 0.661. The maximum atomic E-state index is 12.1. The molecule has 3 aromatic rings. The number of hydrogen-bond acceptors (Lipinski definition) is 2. The van der Waals surface area contributed by atoms with E-state index in [1.54, 1.807) is 6.20 Å². The second-order valence-electron chi connectivity index (χ2n) is 4.70. The Bertz CT molecular complexity index is 861. The number of para-hydroxylation sites is 1. The largest absolute Gasteiger partial charge is 0.359 e. The van der Waals surface area contributed by atoms with Crippen molar-refractivity contribution < 1.29 is 4.79 Å². The minimum Gasteiger partial charge on any atom is -0.359 e. The summed E-state index contributed by atoms with van der Waals surface area (Å²) in [5, 5.41) is 2.87. The van der Waals surface area contributed by atoms with Crippen molar-refractivity contribution in [2.45, 2.75) is 0 Å². The summed E-state index contributed by atoms with van der Waals surface area (Å²) in [4.78, 5) is 19.6. The lowest BCUT2D eigenvalue weighted by Gasteiger charge is -1.96. The molecule has 4 rings (SSSR count). The third kappa shape index (κ3) is 1.55. The number of aromatic nitrogens is 2. The number of rotatable bonds is 1. The van der Waals surface area contributed by atoms with Crippen LogP contribution in [0, 0.1) is 0 Å². The summed E-state index contributed by atoms with van der Waals surface area (Å²) in [6, 6.07) is 11.5. The molecule has 20 heavy (non-hydrogen) atoms. The number of benzene rings is 1. The number of anilines is 1. The topological polar surface area (TPSA) is 57.8 Å². The molecule has 0 saturated heterocycles. The molecule has 4 heteroatoms. The van der Waals surface area contributed by atoms with E-state index in [4.69, 9.17) is 0 Å². The highest BCUT2D eigenvalue weighted by Gasteiger charge is 2.23. The van der Waals surface area contributed by atoms with Crippen molar-refractivity contribution >= 4 is 34.3 Å². The fourth-order valence-corrected chi connectivity index (χ4v) is 2.52. The molecular formula is C16H11N3O. The van der Waals surface area contributed by atoms with Crippen LogP contribution >= 0.6 is 0 Å². The average molecular weight is 261 g/mol. The first-order valence-electron chi connectivity index (χ1n) is 6.37. The molecule has 1 aliphatic rings. The van der Waals surface area contributed by atoms with Gasteiger partial charge in [-0.25, -0.2) is 0 Å². The van der Waals surface area contributed by atoms with Gasteiger partial charge in [0.15, 0.2) is 0 Å². The fraction of sp³-hybridized carbons (Fsp3) is 0. The third-order valence-electron chi connectivity index (χ3n) is 3.47. The monoisotopic (exact) mass is 261 g/mol. The zero-order valence-corrected chi connectivity index (χ0v) is 10.6. The first-order chi connectivity index (χ1) is 9.83. The fourth-order valence-electron chi connectivity index (χ4n) is 2.52. The SMILES string of the molecule is O=C1Nc2ccccc2/C1=C\c1c[nH]c2cccnc12. The number of nitrogens with zero attached hydrogens (tertiary/aromatic N) is 1. The van der Waals surface area contributed by atoms with E-state index in [1.807, 2.05) is 48.7 Å². The molecule has 2 N–H and O–H groups in total. The molecule has 1 aliphatic heterocycles. The maximum absolute atomic E-state index is 12.1. The van der Waals surface area contributed by atoms with Crippen molar-refractivity contribution in [1.29, 1.82) is 0 Å². The molecule has 1 amide bonds. The van der Waals surface area contributed by atoms with Crippen LogP contribution in [0.4, 0.5) is 5.69 Å². The summed E-state index contributed by atoms with van der Waals surface area (Å²) < 4.78 is 0. The van der Waals surface area contributed by atoms with E-state index in [0.717, 1.165) is 27.8 Å². The number of carbonyl (C=O) groups excluding carboxylic acids is 1. The highest BCUT2D eigenvalue weighted by Crippen LogP contribution is 2.33. The van der Waals surface area contributed by atoms with Crippen molar-refractivity contribution in [2.75, 3.05) is 5.32 Å². The van der Waals surface area contributed by atoms with E-state index in [-0.39, 0.29) is 5.91 Å². The number of nitrogens with one attached hydrogen (secondary N) is 2. The molecule has 0 saturated carbocycles. The summed E-state index contributed by atoms with van der Waals surface area (Å²) in [5.41, 5.74) is 5.22. The number of aromatic amines is 1. The van der Waals surface area contributed by atoms with Crippen LogP contribution < -0.4 is 5.32 Å². The van der Waals surface area contributed by atoms with Gasteiger partial charge in [0.25, 0.3) is 5.91 Å². The molecule has 96 valence electrons. The molecule has 0 aliphatic carbocycles. The first-order valence-corrected chi connectivity index (χ1v) is 6.37. The van der Waals surface area contributed by atoms with Gasteiger partial charge in [-0.3, -0.25) is 9.78 Å². The lowest BCUT2D eigenvalue weighted by Crippen LogP contribution is -2.03. The molecule has 4 nitrogen and oxygen atoms in total. The number of H-pyrrole nitrogens is 1. The van der Waals surface area contributed by atoms with Gasteiger partial charge in [0, 0.05) is 34.8 Å². The Balaban J connectivity index is 1.90. The number of hydrogen-bond donors (Lipinski definition) is 2. The highest BCUT2D eigenvalue weighted by molar-refractivity contribution is 6.35. The van der Waals surface area contributed by atoms with Crippen molar-refractivity contribution in [2.24, 2.45) is 0 Å². The van der Waals surface area contributed by atoms with Crippen LogP contribution in [0.1, 0.15) is 11.1 Å². The molecule has 3 heterocycles. The predicted octanol–water partition coefficient (Wildman–Crippen LogP) is 3.06. The molecule has 0 fully saturated rings. The summed E-state index contributed by atoms with van der Waals surface area (Å²) >= 11 is 0. The van der Waals surface area contributed by atoms with E-state index in [0.29, 0.717) is 5.57 Å². The second kappa shape index (κ2) is 4.06. The van der Waals surface area contributed by atoms with E-state index < -0.39 is 0 Å². The molecular weight excluding hydrogens is 250 g/mol. The van der Waals surface area contributed by atoms with Crippen molar-refractivity contribution in [3.63, 3.8) is 0 Å². The Morgan fingerprint density at radius 2 is 2.00 bits per heavy atom. The predicted molar refractivity (Wildman–Crippen MR) is 79.0 cm³/mol. The van der Waals surface area contributed by atoms with Crippen LogP contribution in [-0.4, -0.2) is 15.9 Å². The van der Waals surface area contributed by atoms with E-state index in [1.165, 1.54) is 0 Å². The van der Waals surface area contributed by atoms with E-state index >= 15 is 0 Å². The van der Waals surface area contributed by atoms with Gasteiger partial charge in [0.1, 0.15) is 0 Å². The van der Waals surface area contributed by atoms with Gasteiger partial charge in [0.05, 0.1) is 11.0 Å². The summed E-state index contributed by atoms with van der Waals surface area (Å²) in [6.45, 7) is 0. The standard InChI is InChI=1S/C16H11N3O/c20-16-12(11-4-1-2-5-13(11)19-16)8-10-9-18-14-6-3-7-17-15(10)14/h1-9,18H,(H,19,20)/b12-8+. The zero-order valence-electron chi connectivity index (χ0n) is 10.6. The molecule has 1 aromatic carbocycles. The minimum absolute atomic E-state index is 0.0727. The van der Waals surface area contributed by atoms with Crippen LogP contribution in [-0.2, 0) is 4.79 Å². The lowest BCUT2D eigenvalue weighted by atomic mass is 10.0. The van der Waals surface area contributed by atoms with Crippen molar-refractivity contribution in [1.82, 2.24) is 9.97 Å². The normalized spacial score (nSPS) is 15.6. The Morgan fingerprint density at radius 3 is 2.95 bits per heavy atom. The van der Waals surface area contributed by atoms with Crippen molar-refractivity contribution in [3.8, 4) is 0 Å². The zero-order chi connectivity index (χ0) is 13.5. The number of fused-ring (bicyclic) bond motifs is 2. The van der Waals surface area contributed by atoms with Crippen LogP contribution in [0.2, 0.25) is 0 Å². The van der Waals surface area contributed by atoms with Gasteiger partial charge in [-0.05, 0) is 24.3 Å². The van der Waals surface area contributed by atoms with E-state index in [9.17, 15) is 4.79 Å². The number of carbonyl (C=O) groups is 1. The van der Waals surface area contributed by atoms with Gasteiger partial charge >= 0.3 is 0 Å². The van der Waals surface area contributed by atoms with Gasteiger partial charge in [0.2, 0.25) is 0 Å². The Labute approximate surface area is 115 Å². The van der Waals surface area contributed by atoms with E-state index in [2.05, 4.69) is 15.3 Å². The van der Waals surface area contributed by atoms with Gasteiger partial charge in [-0.15, -0.1) is 0 Å². The Kier molecular flexibility index (Phi) is 2.23. The Morgan fingerprint density at radius 1 is 1.10 bits per heavy atom. The molecule has 0 spiro atoms. The number of pyridine rings is 1. The number of amides is 1. The molecule has 0 radical (unpaired) electrons. The minimum atomic E-state index is -0.0727.